The molecule has 9 heteroatoms. The van der Waals surface area contributed by atoms with Crippen molar-refractivity contribution < 1.29 is 14.3 Å². The van der Waals surface area contributed by atoms with Crippen LogP contribution in [0.1, 0.15) is 17.8 Å². The topological polar surface area (TPSA) is 78.3 Å². The maximum absolute atomic E-state index is 12.5. The zero-order valence-corrected chi connectivity index (χ0v) is 19.7. The number of carbonyl (C=O) groups is 1. The van der Waals surface area contributed by atoms with Crippen LogP contribution >= 0.6 is 23.4 Å². The van der Waals surface area contributed by atoms with Crippen LogP contribution in [-0.2, 0) is 11.2 Å². The van der Waals surface area contributed by atoms with Crippen LogP contribution < -0.4 is 14.8 Å². The molecule has 34 heavy (non-hydrogen) atoms. The number of fused-ring (bicyclic) bond motifs is 1. The molecule has 3 aromatic carbocycles. The maximum Gasteiger partial charge on any atom is 0.231 e. The van der Waals surface area contributed by atoms with E-state index in [1.54, 1.807) is 18.2 Å². The minimum absolute atomic E-state index is 0.0894. The zero-order valence-electron chi connectivity index (χ0n) is 18.1. The van der Waals surface area contributed by atoms with E-state index in [4.69, 9.17) is 21.1 Å². The average Bonchev–Trinajstić information content (AvgIpc) is 3.47. The summed E-state index contributed by atoms with van der Waals surface area (Å²) < 4.78 is 12.7. The van der Waals surface area contributed by atoms with Crippen molar-refractivity contribution in [1.29, 1.82) is 0 Å². The summed E-state index contributed by atoms with van der Waals surface area (Å²) in [6.45, 7) is 0.198. The molecule has 0 bridgehead atoms. The highest BCUT2D eigenvalue weighted by molar-refractivity contribution is 7.99. The zero-order chi connectivity index (χ0) is 23.3. The molecule has 1 aromatic heterocycles. The molecular formula is C25H21ClN4O3S. The number of benzene rings is 3. The molecule has 0 spiro atoms. The van der Waals surface area contributed by atoms with Crippen LogP contribution in [0, 0.1) is 0 Å². The fraction of sp³-hybridized carbons (Fsp3) is 0.160. The van der Waals surface area contributed by atoms with Crippen molar-refractivity contribution in [2.45, 2.75) is 18.0 Å². The van der Waals surface area contributed by atoms with E-state index in [0.29, 0.717) is 40.8 Å². The highest BCUT2D eigenvalue weighted by Gasteiger charge is 2.17. The molecule has 0 atom stereocenters. The Labute approximate surface area is 206 Å². The van der Waals surface area contributed by atoms with Gasteiger partial charge in [-0.05, 0) is 42.0 Å². The smallest absolute Gasteiger partial charge is 0.231 e. The number of carbonyl (C=O) groups excluding carboxylic acids is 1. The minimum Gasteiger partial charge on any atom is -0.454 e. The third-order valence-corrected chi connectivity index (χ3v) is 6.39. The van der Waals surface area contributed by atoms with Crippen molar-refractivity contribution in [2.24, 2.45) is 0 Å². The molecule has 7 nitrogen and oxygen atoms in total. The number of ether oxygens (including phenoxy) is 2. The molecule has 0 unspecified atom stereocenters. The quantitative estimate of drug-likeness (QED) is 0.333. The first-order valence-corrected chi connectivity index (χ1v) is 12.1. The first kappa shape index (κ1) is 22.3. The first-order valence-electron chi connectivity index (χ1n) is 10.7. The van der Waals surface area contributed by atoms with Crippen LogP contribution in [0.25, 0.3) is 5.69 Å². The Morgan fingerprint density at radius 3 is 2.62 bits per heavy atom. The van der Waals surface area contributed by atoms with Gasteiger partial charge >= 0.3 is 0 Å². The summed E-state index contributed by atoms with van der Waals surface area (Å²) in [6, 6.07) is 23.0. The Morgan fingerprint density at radius 2 is 1.79 bits per heavy atom. The Morgan fingerprint density at radius 1 is 1.00 bits per heavy atom. The number of hydrogen-bond acceptors (Lipinski definition) is 6. The van der Waals surface area contributed by atoms with E-state index in [2.05, 4.69) is 27.6 Å². The second kappa shape index (κ2) is 10.2. The molecule has 1 N–H and O–H groups in total. The summed E-state index contributed by atoms with van der Waals surface area (Å²) >= 11 is 7.58. The molecule has 0 fully saturated rings. The monoisotopic (exact) mass is 492 g/mol. The van der Waals surface area contributed by atoms with Gasteiger partial charge in [0.1, 0.15) is 5.82 Å². The van der Waals surface area contributed by atoms with Gasteiger partial charge in [-0.3, -0.25) is 9.36 Å². The molecule has 0 radical (unpaired) electrons. The molecule has 1 aliphatic rings. The van der Waals surface area contributed by atoms with Gasteiger partial charge < -0.3 is 14.8 Å². The molecule has 0 saturated carbocycles. The highest BCUT2D eigenvalue weighted by Crippen LogP contribution is 2.34. The summed E-state index contributed by atoms with van der Waals surface area (Å²) in [5.74, 6) is 2.60. The summed E-state index contributed by atoms with van der Waals surface area (Å²) in [6.07, 6.45) is 0.961. The standard InChI is InChI=1S/C25H21ClN4O3S/c26-18-6-9-20(10-7-18)30-23(14-17-4-2-1-3-5-17)28-29-25(30)34-13-12-24(31)27-19-8-11-21-22(15-19)33-16-32-21/h1-11,15H,12-14,16H2,(H,27,31). The van der Waals surface area contributed by atoms with Crippen LogP contribution in [-0.4, -0.2) is 33.2 Å². The average molecular weight is 493 g/mol. The Balaban J connectivity index is 1.27. The maximum atomic E-state index is 12.5. The number of anilines is 1. The fourth-order valence-corrected chi connectivity index (χ4v) is 4.60. The van der Waals surface area contributed by atoms with Gasteiger partial charge in [0, 0.05) is 41.1 Å². The Hall–Kier alpha value is -3.49. The van der Waals surface area contributed by atoms with Crippen molar-refractivity contribution in [3.63, 3.8) is 0 Å². The van der Waals surface area contributed by atoms with E-state index in [1.165, 1.54) is 11.8 Å². The minimum atomic E-state index is -0.0894. The summed E-state index contributed by atoms with van der Waals surface area (Å²) in [5.41, 5.74) is 2.74. The molecule has 1 amide bonds. The second-order valence-electron chi connectivity index (χ2n) is 7.59. The van der Waals surface area contributed by atoms with E-state index in [1.807, 2.05) is 47.0 Å². The lowest BCUT2D eigenvalue weighted by Gasteiger charge is -2.11. The van der Waals surface area contributed by atoms with Gasteiger partial charge in [0.15, 0.2) is 16.7 Å². The summed E-state index contributed by atoms with van der Waals surface area (Å²) in [4.78, 5) is 12.5. The lowest BCUT2D eigenvalue weighted by Crippen LogP contribution is -2.12. The van der Waals surface area contributed by atoms with Crippen molar-refractivity contribution >= 4 is 35.0 Å². The van der Waals surface area contributed by atoms with Gasteiger partial charge in [-0.1, -0.05) is 53.7 Å². The number of thioether (sulfide) groups is 1. The summed E-state index contributed by atoms with van der Waals surface area (Å²) in [7, 11) is 0. The van der Waals surface area contributed by atoms with Crippen molar-refractivity contribution in [3.05, 3.63) is 89.2 Å². The molecule has 0 aliphatic carbocycles. The lowest BCUT2D eigenvalue weighted by molar-refractivity contribution is -0.115. The molecule has 5 rings (SSSR count). The van der Waals surface area contributed by atoms with E-state index >= 15 is 0 Å². The van der Waals surface area contributed by atoms with E-state index in [0.717, 1.165) is 22.2 Å². The molecule has 4 aromatic rings. The van der Waals surface area contributed by atoms with Gasteiger partial charge in [-0.25, -0.2) is 0 Å². The normalized spacial score (nSPS) is 12.0. The largest absolute Gasteiger partial charge is 0.454 e. The lowest BCUT2D eigenvalue weighted by atomic mass is 10.1. The number of nitrogens with zero attached hydrogens (tertiary/aromatic N) is 3. The third kappa shape index (κ3) is 5.18. The predicted molar refractivity (Wildman–Crippen MR) is 132 cm³/mol. The molecule has 2 heterocycles. The van der Waals surface area contributed by atoms with Crippen LogP contribution in [0.4, 0.5) is 5.69 Å². The van der Waals surface area contributed by atoms with Gasteiger partial charge in [0.05, 0.1) is 0 Å². The molecule has 1 aliphatic heterocycles. The SMILES string of the molecule is O=C(CCSc1nnc(Cc2ccccc2)n1-c1ccc(Cl)cc1)Nc1ccc2c(c1)OCO2. The van der Waals surface area contributed by atoms with Gasteiger partial charge in [0.25, 0.3) is 0 Å². The number of halogens is 1. The number of nitrogens with one attached hydrogen (secondary N) is 1. The predicted octanol–water partition coefficient (Wildman–Crippen LogP) is 5.36. The summed E-state index contributed by atoms with van der Waals surface area (Å²) in [5, 5.41) is 13.1. The molecular weight excluding hydrogens is 472 g/mol. The third-order valence-electron chi connectivity index (χ3n) is 5.21. The van der Waals surface area contributed by atoms with E-state index in [-0.39, 0.29) is 12.7 Å². The van der Waals surface area contributed by atoms with E-state index < -0.39 is 0 Å². The number of hydrogen-bond donors (Lipinski definition) is 1. The van der Waals surface area contributed by atoms with Crippen LogP contribution in [0.2, 0.25) is 5.02 Å². The van der Waals surface area contributed by atoms with Crippen LogP contribution in [0.5, 0.6) is 11.5 Å². The van der Waals surface area contributed by atoms with Gasteiger partial charge in [-0.15, -0.1) is 10.2 Å². The van der Waals surface area contributed by atoms with Crippen LogP contribution in [0.15, 0.2) is 78.0 Å². The number of rotatable bonds is 8. The first-order chi connectivity index (χ1) is 16.7. The highest BCUT2D eigenvalue weighted by atomic mass is 35.5. The van der Waals surface area contributed by atoms with Crippen molar-refractivity contribution in [1.82, 2.24) is 14.8 Å². The number of amides is 1. The van der Waals surface area contributed by atoms with Crippen molar-refractivity contribution in [2.75, 3.05) is 17.9 Å². The second-order valence-corrected chi connectivity index (χ2v) is 9.09. The van der Waals surface area contributed by atoms with Gasteiger partial charge in [-0.2, -0.15) is 0 Å². The number of aromatic nitrogens is 3. The molecule has 172 valence electrons. The van der Waals surface area contributed by atoms with Gasteiger partial charge in [0.2, 0.25) is 12.7 Å². The van der Waals surface area contributed by atoms with Crippen LogP contribution in [0.3, 0.4) is 0 Å². The molecule has 0 saturated heterocycles. The Kier molecular flexibility index (Phi) is 6.69. The van der Waals surface area contributed by atoms with Crippen molar-refractivity contribution in [3.8, 4) is 17.2 Å². The fourth-order valence-electron chi connectivity index (χ4n) is 3.57. The van der Waals surface area contributed by atoms with E-state index in [9.17, 15) is 4.79 Å². The Bertz CT molecular complexity index is 1300.